The largest absolute Gasteiger partial charge is 0.461 e. The van der Waals surface area contributed by atoms with Crippen molar-refractivity contribution in [2.75, 3.05) is 39.6 Å². The molecule has 0 aliphatic carbocycles. The number of ether oxygens (including phenoxy) is 4. The molecule has 2 heterocycles. The summed E-state index contributed by atoms with van der Waals surface area (Å²) in [5.41, 5.74) is 0.845. The number of halogens is 1. The van der Waals surface area contributed by atoms with Crippen molar-refractivity contribution in [2.45, 2.75) is 52.2 Å². The molecule has 3 unspecified atom stereocenters. The smallest absolute Gasteiger partial charge is 0.416 e. The number of rotatable bonds is 16. The van der Waals surface area contributed by atoms with Crippen LogP contribution in [-0.2, 0) is 41.4 Å². The summed E-state index contributed by atoms with van der Waals surface area (Å²) in [5.74, 6) is -1.09. The fourth-order valence-electron chi connectivity index (χ4n) is 4.53. The number of carbonyl (C=O) groups excluding carboxylic acids is 3. The van der Waals surface area contributed by atoms with Crippen molar-refractivity contribution in [1.82, 2.24) is 4.90 Å². The summed E-state index contributed by atoms with van der Waals surface area (Å²) in [6.45, 7) is 6.78. The summed E-state index contributed by atoms with van der Waals surface area (Å²) < 4.78 is 28.5. The quantitative estimate of drug-likeness (QED) is 0.213. The molecule has 0 bridgehead atoms. The van der Waals surface area contributed by atoms with Crippen LogP contribution in [0.25, 0.3) is 0 Å². The molecule has 1 fully saturated rings. The van der Waals surface area contributed by atoms with Gasteiger partial charge in [-0.05, 0) is 46.3 Å². The van der Waals surface area contributed by atoms with E-state index in [0.29, 0.717) is 48.7 Å². The van der Waals surface area contributed by atoms with Crippen LogP contribution in [0.2, 0.25) is 0 Å². The van der Waals surface area contributed by atoms with E-state index in [2.05, 4.69) is 15.9 Å². The second-order valence-corrected chi connectivity index (χ2v) is 10.7. The highest BCUT2D eigenvalue weighted by molar-refractivity contribution is 9.10. The molecule has 3 rings (SSSR count). The first-order valence-corrected chi connectivity index (χ1v) is 14.3. The highest BCUT2D eigenvalue weighted by atomic mass is 79.9. The van der Waals surface area contributed by atoms with Crippen LogP contribution in [0, 0.1) is 11.8 Å². The molecule has 3 atom stereocenters. The Labute approximate surface area is 243 Å². The average molecular weight is 625 g/mol. The summed E-state index contributed by atoms with van der Waals surface area (Å²) >= 11 is 3.53. The second kappa shape index (κ2) is 15.9. The first-order chi connectivity index (χ1) is 19.2. The third-order valence-electron chi connectivity index (χ3n) is 6.54. The number of cyclic esters (lactones) is 1. The minimum Gasteiger partial charge on any atom is -0.461 e. The molecule has 10 nitrogen and oxygen atoms in total. The number of nitrogens with zero attached hydrogens (tertiary/aromatic N) is 1. The molecule has 1 aliphatic rings. The zero-order valence-electron chi connectivity index (χ0n) is 23.2. The lowest BCUT2D eigenvalue weighted by Crippen LogP contribution is -2.47. The maximum absolute atomic E-state index is 14.0. The Bertz CT molecular complexity index is 1100. The highest BCUT2D eigenvalue weighted by Crippen LogP contribution is 2.37. The number of hydrogen-bond donors (Lipinski definition) is 1. The minimum atomic E-state index is -1.07. The second-order valence-electron chi connectivity index (χ2n) is 9.89. The molecule has 2 aromatic rings. The molecule has 1 saturated heterocycles. The minimum absolute atomic E-state index is 0.0206. The van der Waals surface area contributed by atoms with Gasteiger partial charge in [-0.1, -0.05) is 44.2 Å². The van der Waals surface area contributed by atoms with Crippen molar-refractivity contribution < 1.29 is 42.9 Å². The topological polar surface area (TPSA) is 125 Å². The number of carbonyl (C=O) groups is 3. The van der Waals surface area contributed by atoms with Crippen LogP contribution in [0.1, 0.15) is 50.4 Å². The molecule has 0 spiro atoms. The van der Waals surface area contributed by atoms with Crippen LogP contribution in [0.3, 0.4) is 0 Å². The van der Waals surface area contributed by atoms with Gasteiger partial charge in [-0.3, -0.25) is 9.59 Å². The van der Waals surface area contributed by atoms with Gasteiger partial charge in [0, 0.05) is 20.0 Å². The van der Waals surface area contributed by atoms with E-state index in [1.807, 2.05) is 44.2 Å². The van der Waals surface area contributed by atoms with Crippen molar-refractivity contribution in [3.05, 3.63) is 58.0 Å². The standard InChI is InChI=1S/C29H38BrNO9/c1-19(2)24-18-38-29(35)31(24)28(34)22(16-21-8-5-4-6-9-21)27(39-20(3)33)26-17-23(30)25(40-26)10-7-12-36-14-15-37-13-11-32/h4-6,8-9,17,19,22,24,27,32H,7,10-16,18H2,1-3H3. The summed E-state index contributed by atoms with van der Waals surface area (Å²) in [6.07, 6.45) is -0.365. The van der Waals surface area contributed by atoms with Crippen LogP contribution in [-0.4, -0.2) is 73.7 Å². The predicted molar refractivity (Wildman–Crippen MR) is 148 cm³/mol. The maximum Gasteiger partial charge on any atom is 0.416 e. The van der Waals surface area contributed by atoms with Crippen LogP contribution >= 0.6 is 15.9 Å². The number of aliphatic hydroxyl groups is 1. The highest BCUT2D eigenvalue weighted by Gasteiger charge is 2.46. The molecule has 0 saturated carbocycles. The van der Waals surface area contributed by atoms with E-state index in [0.717, 1.165) is 10.5 Å². The van der Waals surface area contributed by atoms with Gasteiger partial charge in [-0.15, -0.1) is 0 Å². The van der Waals surface area contributed by atoms with E-state index in [1.165, 1.54) is 6.92 Å². The zero-order chi connectivity index (χ0) is 29.1. The monoisotopic (exact) mass is 623 g/mol. The zero-order valence-corrected chi connectivity index (χ0v) is 24.8. The first-order valence-electron chi connectivity index (χ1n) is 13.5. The van der Waals surface area contributed by atoms with Crippen molar-refractivity contribution in [3.63, 3.8) is 0 Å². The number of amides is 2. The molecular formula is C29H38BrNO9. The molecule has 1 aromatic heterocycles. The van der Waals surface area contributed by atoms with Gasteiger partial charge in [-0.2, -0.15) is 0 Å². The average Bonchev–Trinajstić information content (AvgIpc) is 3.50. The summed E-state index contributed by atoms with van der Waals surface area (Å²) in [5, 5.41) is 8.74. The number of hydrogen-bond acceptors (Lipinski definition) is 9. The number of benzene rings is 1. The third kappa shape index (κ3) is 8.89. The van der Waals surface area contributed by atoms with Gasteiger partial charge in [0.15, 0.2) is 6.10 Å². The van der Waals surface area contributed by atoms with Crippen LogP contribution < -0.4 is 0 Å². The number of esters is 1. The third-order valence-corrected chi connectivity index (χ3v) is 7.22. The number of furan rings is 1. The molecule has 40 heavy (non-hydrogen) atoms. The predicted octanol–water partition coefficient (Wildman–Crippen LogP) is 4.47. The molecule has 1 N–H and O–H groups in total. The molecule has 220 valence electrons. The van der Waals surface area contributed by atoms with Gasteiger partial charge in [0.05, 0.1) is 42.9 Å². The van der Waals surface area contributed by atoms with Gasteiger partial charge in [0.1, 0.15) is 18.1 Å². The molecule has 0 radical (unpaired) electrons. The van der Waals surface area contributed by atoms with Gasteiger partial charge in [-0.25, -0.2) is 9.69 Å². The van der Waals surface area contributed by atoms with E-state index in [-0.39, 0.29) is 32.2 Å². The van der Waals surface area contributed by atoms with Gasteiger partial charge >= 0.3 is 12.1 Å². The van der Waals surface area contributed by atoms with Crippen molar-refractivity contribution in [1.29, 1.82) is 0 Å². The van der Waals surface area contributed by atoms with Crippen molar-refractivity contribution in [2.24, 2.45) is 11.8 Å². The van der Waals surface area contributed by atoms with Crippen LogP contribution in [0.5, 0.6) is 0 Å². The Morgan fingerprint density at radius 3 is 2.48 bits per heavy atom. The van der Waals surface area contributed by atoms with Gasteiger partial charge < -0.3 is 28.5 Å². The molecule has 11 heteroatoms. The van der Waals surface area contributed by atoms with Crippen molar-refractivity contribution in [3.8, 4) is 0 Å². The van der Waals surface area contributed by atoms with Gasteiger partial charge in [0.2, 0.25) is 5.91 Å². The Hall–Kier alpha value is -2.73. The SMILES string of the molecule is CC(=O)OC(c1cc(Br)c(CCCOCCOCCO)o1)C(Cc1ccccc1)C(=O)N1C(=O)OCC1C(C)C. The molecule has 2 amide bonds. The van der Waals surface area contributed by atoms with E-state index in [4.69, 9.17) is 28.5 Å². The van der Waals surface area contributed by atoms with E-state index in [1.54, 1.807) is 6.07 Å². The Kier molecular flexibility index (Phi) is 12.6. The van der Waals surface area contributed by atoms with Crippen LogP contribution in [0.4, 0.5) is 4.79 Å². The van der Waals surface area contributed by atoms with E-state index >= 15 is 0 Å². The maximum atomic E-state index is 14.0. The summed E-state index contributed by atoms with van der Waals surface area (Å²) in [7, 11) is 0. The Morgan fingerprint density at radius 1 is 1.12 bits per heavy atom. The first kappa shape index (κ1) is 31.8. The lowest BCUT2D eigenvalue weighted by molar-refractivity contribution is -0.155. The molecule has 1 aliphatic heterocycles. The number of aryl methyl sites for hydroxylation is 1. The fraction of sp³-hybridized carbons (Fsp3) is 0.552. The van der Waals surface area contributed by atoms with E-state index < -0.39 is 36.0 Å². The normalized spacial score (nSPS) is 16.7. The van der Waals surface area contributed by atoms with Gasteiger partial charge in [0.25, 0.3) is 0 Å². The Balaban J connectivity index is 1.83. The van der Waals surface area contributed by atoms with Crippen LogP contribution in [0.15, 0.2) is 45.3 Å². The lowest BCUT2D eigenvalue weighted by Gasteiger charge is -2.30. The molecular weight excluding hydrogens is 586 g/mol. The summed E-state index contributed by atoms with van der Waals surface area (Å²) in [4.78, 5) is 40.2. The lowest BCUT2D eigenvalue weighted by atomic mass is 9.90. The van der Waals surface area contributed by atoms with E-state index in [9.17, 15) is 14.4 Å². The number of aliphatic hydroxyl groups excluding tert-OH is 1. The Morgan fingerprint density at radius 2 is 1.82 bits per heavy atom. The fourth-order valence-corrected chi connectivity index (χ4v) is 5.03. The summed E-state index contributed by atoms with van der Waals surface area (Å²) in [6, 6.07) is 10.6. The number of imide groups is 1. The van der Waals surface area contributed by atoms with Crippen molar-refractivity contribution >= 4 is 33.9 Å². The molecule has 1 aromatic carbocycles.